The van der Waals surface area contributed by atoms with Gasteiger partial charge in [0.15, 0.2) is 6.09 Å². The first kappa shape index (κ1) is 10.8. The molecular formula is C3F6NO2-. The van der Waals surface area contributed by atoms with Crippen LogP contribution in [-0.4, -0.2) is 23.6 Å². The molecule has 9 heteroatoms. The zero-order valence-corrected chi connectivity index (χ0v) is 5.03. The molecule has 72 valence electrons. The van der Waals surface area contributed by atoms with Gasteiger partial charge in [-0.25, -0.2) is 0 Å². The van der Waals surface area contributed by atoms with Gasteiger partial charge >= 0.3 is 12.6 Å². The number of nitrogens with zero attached hydrogens (tertiary/aromatic N) is 1. The molecule has 0 heterocycles. The largest absolute Gasteiger partial charge is 0.529 e. The summed E-state index contributed by atoms with van der Waals surface area (Å²) in [6.45, 7) is 0. The van der Waals surface area contributed by atoms with E-state index in [2.05, 4.69) is 0 Å². The molecule has 3 nitrogen and oxygen atoms in total. The molecular weight excluding hydrogens is 196 g/mol. The third-order valence-electron chi connectivity index (χ3n) is 0.690. The van der Waals surface area contributed by atoms with Crippen molar-refractivity contribution in [3.05, 3.63) is 0 Å². The number of alkyl halides is 6. The predicted molar refractivity (Wildman–Crippen MR) is 19.3 cm³/mol. The molecule has 0 N–H and O–H groups in total. The van der Waals surface area contributed by atoms with Gasteiger partial charge in [0.1, 0.15) is 0 Å². The third kappa shape index (κ3) is 2.47. The van der Waals surface area contributed by atoms with Crippen molar-refractivity contribution in [2.24, 2.45) is 0 Å². The summed E-state index contributed by atoms with van der Waals surface area (Å²) >= 11 is 0. The second-order valence-corrected chi connectivity index (χ2v) is 1.54. The number of rotatable bonds is 0. The van der Waals surface area contributed by atoms with Gasteiger partial charge in [0, 0.05) is 0 Å². The van der Waals surface area contributed by atoms with Crippen LogP contribution in [0.4, 0.5) is 31.1 Å². The molecule has 1 amide bonds. The lowest BCUT2D eigenvalue weighted by molar-refractivity contribution is -0.389. The maximum atomic E-state index is 11.3. The molecule has 0 unspecified atom stereocenters. The minimum atomic E-state index is -6.03. The van der Waals surface area contributed by atoms with Crippen LogP contribution < -0.4 is 5.11 Å². The first-order valence-electron chi connectivity index (χ1n) is 2.21. The predicted octanol–water partition coefficient (Wildman–Crippen LogP) is 0.671. The number of carboxylic acid groups (broad SMARTS) is 1. The molecule has 0 saturated carbocycles. The van der Waals surface area contributed by atoms with Crippen LogP contribution in [0, 0.1) is 0 Å². The van der Waals surface area contributed by atoms with Crippen LogP contribution in [0.3, 0.4) is 0 Å². The normalized spacial score (nSPS) is 12.8. The van der Waals surface area contributed by atoms with Gasteiger partial charge in [0.05, 0.1) is 0 Å². The van der Waals surface area contributed by atoms with Gasteiger partial charge in [0.25, 0.3) is 0 Å². The van der Waals surface area contributed by atoms with Gasteiger partial charge in [-0.3, -0.25) is 0 Å². The molecule has 12 heavy (non-hydrogen) atoms. The van der Waals surface area contributed by atoms with Crippen molar-refractivity contribution < 1.29 is 36.2 Å². The Bertz CT molecular complexity index is 168. The van der Waals surface area contributed by atoms with Crippen LogP contribution >= 0.6 is 0 Å². The van der Waals surface area contributed by atoms with E-state index in [4.69, 9.17) is 0 Å². The van der Waals surface area contributed by atoms with Gasteiger partial charge in [-0.15, -0.1) is 26.3 Å². The summed E-state index contributed by atoms with van der Waals surface area (Å²) in [4.78, 5) is 6.71. The maximum absolute atomic E-state index is 11.3. The van der Waals surface area contributed by atoms with E-state index in [-0.39, 0.29) is 0 Å². The number of hydrogen-bond acceptors (Lipinski definition) is 2. The molecule has 0 aliphatic rings. The Morgan fingerprint density at radius 3 is 1.25 bits per heavy atom. The molecule has 0 rings (SSSR count). The standard InChI is InChI=1S/C3HF6NO2/c4-2(5,6)10(1(11)12)3(7,8)9/h(H,11,12)/p-1. The molecule has 0 radical (unpaired) electrons. The van der Waals surface area contributed by atoms with Crippen LogP contribution in [0.5, 0.6) is 0 Å². The first-order chi connectivity index (χ1) is 5.07. The van der Waals surface area contributed by atoms with E-state index >= 15 is 0 Å². The van der Waals surface area contributed by atoms with Crippen molar-refractivity contribution in [1.29, 1.82) is 0 Å². The van der Waals surface area contributed by atoms with Gasteiger partial charge in [-0.1, -0.05) is 0 Å². The van der Waals surface area contributed by atoms with Crippen LogP contribution in [-0.2, 0) is 0 Å². The van der Waals surface area contributed by atoms with Gasteiger partial charge in [-0.05, 0) is 0 Å². The fraction of sp³-hybridized carbons (Fsp3) is 0.667. The zero-order chi connectivity index (χ0) is 10.2. The SMILES string of the molecule is O=C([O-])N(C(F)(F)F)C(F)(F)F. The Balaban J connectivity index is 4.82. The summed E-state index contributed by atoms with van der Waals surface area (Å²) in [6.07, 6.45) is -15.4. The molecule has 0 aliphatic carbocycles. The van der Waals surface area contributed by atoms with Crippen molar-refractivity contribution in [1.82, 2.24) is 4.90 Å². The van der Waals surface area contributed by atoms with E-state index in [0.717, 1.165) is 0 Å². The van der Waals surface area contributed by atoms with Crippen molar-refractivity contribution >= 4 is 6.09 Å². The highest BCUT2D eigenvalue weighted by atomic mass is 19.4. The Morgan fingerprint density at radius 1 is 1.00 bits per heavy atom. The lowest BCUT2D eigenvalue weighted by Crippen LogP contribution is -2.56. The Hall–Kier alpha value is -1.15. The van der Waals surface area contributed by atoms with Crippen LogP contribution in [0.15, 0.2) is 0 Å². The Labute approximate surface area is 61.2 Å². The van der Waals surface area contributed by atoms with Crippen LogP contribution in [0.1, 0.15) is 0 Å². The summed E-state index contributed by atoms with van der Waals surface area (Å²) < 4.78 is 67.5. The second kappa shape index (κ2) is 2.72. The fourth-order valence-electron chi connectivity index (χ4n) is 0.351. The van der Waals surface area contributed by atoms with Crippen molar-refractivity contribution in [3.63, 3.8) is 0 Å². The molecule has 0 saturated heterocycles. The molecule has 0 atom stereocenters. The lowest BCUT2D eigenvalue weighted by atomic mass is 10.8. The molecule has 0 aliphatic heterocycles. The van der Waals surface area contributed by atoms with E-state index in [0.29, 0.717) is 0 Å². The highest BCUT2D eigenvalue weighted by Gasteiger charge is 2.54. The minimum absolute atomic E-state index is 2.65. The van der Waals surface area contributed by atoms with Gasteiger partial charge in [-0.2, -0.15) is 4.90 Å². The smallest absolute Gasteiger partial charge is 0.492 e. The molecule has 0 aromatic rings. The number of carbonyl (C=O) groups is 1. The minimum Gasteiger partial charge on any atom is -0.529 e. The summed E-state index contributed by atoms with van der Waals surface area (Å²) in [6, 6.07) is 0. The third-order valence-corrected chi connectivity index (χ3v) is 0.690. The number of carbonyl (C=O) groups excluding carboxylic acids is 1. The summed E-state index contributed by atoms with van der Waals surface area (Å²) in [5.74, 6) is 0. The highest BCUT2D eigenvalue weighted by Crippen LogP contribution is 2.32. The van der Waals surface area contributed by atoms with E-state index in [1.807, 2.05) is 0 Å². The monoisotopic (exact) mass is 196 g/mol. The maximum Gasteiger partial charge on any atom is 0.492 e. The van der Waals surface area contributed by atoms with Crippen molar-refractivity contribution in [2.75, 3.05) is 0 Å². The lowest BCUT2D eigenvalue weighted by Gasteiger charge is -2.28. The fourth-order valence-corrected chi connectivity index (χ4v) is 0.351. The van der Waals surface area contributed by atoms with E-state index in [1.165, 1.54) is 0 Å². The van der Waals surface area contributed by atoms with Crippen LogP contribution in [0.25, 0.3) is 0 Å². The number of halogens is 6. The summed E-state index contributed by atoms with van der Waals surface area (Å²) in [5.41, 5.74) is 0. The van der Waals surface area contributed by atoms with Gasteiger partial charge in [0.2, 0.25) is 0 Å². The molecule has 0 aromatic carbocycles. The number of hydrogen-bond donors (Lipinski definition) is 0. The molecule has 0 bridgehead atoms. The van der Waals surface area contributed by atoms with E-state index in [1.54, 1.807) is 0 Å². The second-order valence-electron chi connectivity index (χ2n) is 1.54. The molecule has 0 fully saturated rings. The van der Waals surface area contributed by atoms with Crippen molar-refractivity contribution in [2.45, 2.75) is 12.6 Å². The average Bonchev–Trinajstić information content (AvgIpc) is 1.49. The average molecular weight is 196 g/mol. The van der Waals surface area contributed by atoms with E-state index in [9.17, 15) is 36.2 Å². The summed E-state index contributed by atoms with van der Waals surface area (Å²) in [7, 11) is 0. The zero-order valence-electron chi connectivity index (χ0n) is 5.03. The topological polar surface area (TPSA) is 43.4 Å². The quantitative estimate of drug-likeness (QED) is 0.422. The van der Waals surface area contributed by atoms with Gasteiger partial charge < -0.3 is 9.90 Å². The first-order valence-corrected chi connectivity index (χ1v) is 2.21. The Morgan fingerprint density at radius 2 is 1.25 bits per heavy atom. The van der Waals surface area contributed by atoms with E-state index < -0.39 is 23.6 Å². The van der Waals surface area contributed by atoms with Crippen molar-refractivity contribution in [3.8, 4) is 0 Å². The Kier molecular flexibility index (Phi) is 2.46. The molecule has 0 aromatic heterocycles. The summed E-state index contributed by atoms with van der Waals surface area (Å²) in [5, 5.41) is 9.37. The number of amides is 1. The molecule has 0 spiro atoms. The van der Waals surface area contributed by atoms with Crippen LogP contribution in [0.2, 0.25) is 0 Å². The highest BCUT2D eigenvalue weighted by molar-refractivity contribution is 5.63.